The summed E-state index contributed by atoms with van der Waals surface area (Å²) in [7, 11) is 0. The van der Waals surface area contributed by atoms with Crippen molar-refractivity contribution in [2.75, 3.05) is 13.2 Å². The van der Waals surface area contributed by atoms with E-state index >= 15 is 0 Å². The second-order valence-corrected chi connectivity index (χ2v) is 6.52. The van der Waals surface area contributed by atoms with Crippen LogP contribution in [0.25, 0.3) is 0 Å². The highest BCUT2D eigenvalue weighted by atomic mass is 16.5. The van der Waals surface area contributed by atoms with Crippen LogP contribution in [-0.2, 0) is 22.6 Å². The van der Waals surface area contributed by atoms with Crippen LogP contribution in [-0.4, -0.2) is 24.9 Å². The molecule has 0 unspecified atom stereocenters. The average Bonchev–Trinajstić information content (AvgIpc) is 2.75. The summed E-state index contributed by atoms with van der Waals surface area (Å²) in [6.45, 7) is 11.5. The molecule has 0 aromatic carbocycles. The van der Waals surface area contributed by atoms with Gasteiger partial charge in [0, 0.05) is 24.3 Å². The normalized spacial score (nSPS) is 17.6. The first-order valence-corrected chi connectivity index (χ1v) is 7.46. The van der Waals surface area contributed by atoms with Gasteiger partial charge in [-0.25, -0.2) is 0 Å². The number of ether oxygens (including phenoxy) is 2. The van der Waals surface area contributed by atoms with Gasteiger partial charge < -0.3 is 19.2 Å². The van der Waals surface area contributed by atoms with Crippen molar-refractivity contribution in [1.29, 1.82) is 0 Å². The lowest BCUT2D eigenvalue weighted by atomic mass is 10.1. The lowest BCUT2D eigenvalue weighted by Gasteiger charge is -2.22. The Labute approximate surface area is 121 Å². The van der Waals surface area contributed by atoms with Gasteiger partial charge in [-0.15, -0.1) is 0 Å². The minimum absolute atomic E-state index is 0.0967. The van der Waals surface area contributed by atoms with Gasteiger partial charge >= 0.3 is 0 Å². The number of furan rings is 1. The Morgan fingerprint density at radius 2 is 2.00 bits per heavy atom. The molecule has 0 spiro atoms. The van der Waals surface area contributed by atoms with Gasteiger partial charge in [-0.05, 0) is 46.6 Å². The molecule has 1 N–H and O–H groups in total. The Morgan fingerprint density at radius 1 is 1.30 bits per heavy atom. The lowest BCUT2D eigenvalue weighted by molar-refractivity contribution is -0.0393. The van der Waals surface area contributed by atoms with Crippen LogP contribution < -0.4 is 5.32 Å². The van der Waals surface area contributed by atoms with E-state index in [4.69, 9.17) is 13.9 Å². The predicted molar refractivity (Wildman–Crippen MR) is 78.7 cm³/mol. The summed E-state index contributed by atoms with van der Waals surface area (Å²) in [6, 6.07) is 2.10. The fourth-order valence-corrected chi connectivity index (χ4v) is 2.22. The molecule has 1 saturated heterocycles. The fraction of sp³-hybridized carbons (Fsp3) is 0.750. The van der Waals surface area contributed by atoms with Gasteiger partial charge in [-0.3, -0.25) is 0 Å². The Hall–Kier alpha value is -0.840. The van der Waals surface area contributed by atoms with Gasteiger partial charge in [0.2, 0.25) is 0 Å². The Balaban J connectivity index is 1.83. The van der Waals surface area contributed by atoms with Crippen molar-refractivity contribution < 1.29 is 13.9 Å². The van der Waals surface area contributed by atoms with E-state index in [1.54, 1.807) is 0 Å². The summed E-state index contributed by atoms with van der Waals surface area (Å²) in [5.74, 6) is 1.94. The zero-order valence-corrected chi connectivity index (χ0v) is 13.1. The second-order valence-electron chi connectivity index (χ2n) is 6.52. The third kappa shape index (κ3) is 4.93. The first-order valence-electron chi connectivity index (χ1n) is 7.46. The van der Waals surface area contributed by atoms with Crippen LogP contribution >= 0.6 is 0 Å². The maximum absolute atomic E-state index is 5.95. The van der Waals surface area contributed by atoms with Crippen molar-refractivity contribution in [3.8, 4) is 0 Å². The number of nitrogens with one attached hydrogen (secondary N) is 1. The summed E-state index contributed by atoms with van der Waals surface area (Å²) in [5, 5.41) is 3.43. The summed E-state index contributed by atoms with van der Waals surface area (Å²) >= 11 is 0. The van der Waals surface area contributed by atoms with Crippen LogP contribution in [0.3, 0.4) is 0 Å². The van der Waals surface area contributed by atoms with Gasteiger partial charge in [0.05, 0.1) is 19.3 Å². The zero-order valence-electron chi connectivity index (χ0n) is 13.1. The minimum atomic E-state index is 0.0967. The first-order chi connectivity index (χ1) is 9.44. The van der Waals surface area contributed by atoms with Crippen molar-refractivity contribution >= 4 is 0 Å². The molecule has 4 heteroatoms. The quantitative estimate of drug-likeness (QED) is 0.900. The van der Waals surface area contributed by atoms with Crippen molar-refractivity contribution in [3.63, 3.8) is 0 Å². The molecule has 1 fully saturated rings. The molecular weight excluding hydrogens is 254 g/mol. The molecule has 0 aliphatic carbocycles. The molecule has 1 aromatic heterocycles. The number of hydrogen-bond acceptors (Lipinski definition) is 4. The van der Waals surface area contributed by atoms with Crippen molar-refractivity contribution in [2.24, 2.45) is 0 Å². The number of aryl methyl sites for hydroxylation is 1. The van der Waals surface area contributed by atoms with Gasteiger partial charge in [0.15, 0.2) is 0 Å². The molecule has 20 heavy (non-hydrogen) atoms. The van der Waals surface area contributed by atoms with Crippen LogP contribution in [0.2, 0.25) is 0 Å². The molecule has 2 heterocycles. The van der Waals surface area contributed by atoms with E-state index in [9.17, 15) is 0 Å². The van der Waals surface area contributed by atoms with Crippen LogP contribution in [0, 0.1) is 6.92 Å². The van der Waals surface area contributed by atoms with E-state index in [1.807, 2.05) is 6.92 Å². The molecule has 1 aliphatic rings. The Bertz CT molecular complexity index is 414. The minimum Gasteiger partial charge on any atom is -0.465 e. The summed E-state index contributed by atoms with van der Waals surface area (Å²) in [6.07, 6.45) is 2.32. The van der Waals surface area contributed by atoms with Crippen LogP contribution in [0.15, 0.2) is 10.5 Å². The highest BCUT2D eigenvalue weighted by Gasteiger charge is 2.16. The zero-order chi connectivity index (χ0) is 14.6. The molecule has 2 rings (SSSR count). The molecular formula is C16H27NO3. The van der Waals surface area contributed by atoms with E-state index in [1.165, 1.54) is 0 Å². The lowest BCUT2D eigenvalue weighted by Crippen LogP contribution is -2.34. The molecule has 0 amide bonds. The maximum Gasteiger partial charge on any atom is 0.118 e. The fourth-order valence-electron chi connectivity index (χ4n) is 2.22. The summed E-state index contributed by atoms with van der Waals surface area (Å²) in [4.78, 5) is 0. The topological polar surface area (TPSA) is 43.6 Å². The smallest absolute Gasteiger partial charge is 0.118 e. The van der Waals surface area contributed by atoms with Gasteiger partial charge in [0.1, 0.15) is 11.5 Å². The number of rotatable bonds is 5. The number of hydrogen-bond donors (Lipinski definition) is 1. The van der Waals surface area contributed by atoms with Crippen LogP contribution in [0.1, 0.15) is 50.7 Å². The summed E-state index contributed by atoms with van der Waals surface area (Å²) < 4.78 is 17.1. The third-order valence-corrected chi connectivity index (χ3v) is 3.51. The monoisotopic (exact) mass is 281 g/mol. The SMILES string of the molecule is Cc1oc(CNC(C)(C)C)cc1COC1CCOCC1. The van der Waals surface area contributed by atoms with E-state index < -0.39 is 0 Å². The molecule has 4 nitrogen and oxygen atoms in total. The second kappa shape index (κ2) is 6.74. The maximum atomic E-state index is 5.95. The Morgan fingerprint density at radius 3 is 2.65 bits per heavy atom. The average molecular weight is 281 g/mol. The Kier molecular flexibility index (Phi) is 5.24. The van der Waals surface area contributed by atoms with Crippen LogP contribution in [0.5, 0.6) is 0 Å². The van der Waals surface area contributed by atoms with E-state index in [0.717, 1.165) is 49.7 Å². The molecule has 1 aromatic rings. The molecule has 1 aliphatic heterocycles. The summed E-state index contributed by atoms with van der Waals surface area (Å²) in [5.41, 5.74) is 1.25. The highest BCUT2D eigenvalue weighted by molar-refractivity contribution is 5.20. The van der Waals surface area contributed by atoms with E-state index in [-0.39, 0.29) is 5.54 Å². The highest BCUT2D eigenvalue weighted by Crippen LogP contribution is 2.19. The predicted octanol–water partition coefficient (Wildman–Crippen LogP) is 3.17. The van der Waals surface area contributed by atoms with Crippen molar-refractivity contribution in [1.82, 2.24) is 5.32 Å². The first kappa shape index (κ1) is 15.5. The molecule has 114 valence electrons. The van der Waals surface area contributed by atoms with Crippen LogP contribution in [0.4, 0.5) is 0 Å². The molecule has 0 atom stereocenters. The molecule has 0 radical (unpaired) electrons. The van der Waals surface area contributed by atoms with E-state index in [0.29, 0.717) is 12.7 Å². The van der Waals surface area contributed by atoms with E-state index in [2.05, 4.69) is 32.2 Å². The van der Waals surface area contributed by atoms with Gasteiger partial charge in [-0.2, -0.15) is 0 Å². The molecule has 0 saturated carbocycles. The van der Waals surface area contributed by atoms with Crippen molar-refractivity contribution in [3.05, 3.63) is 23.2 Å². The van der Waals surface area contributed by atoms with Gasteiger partial charge in [-0.1, -0.05) is 0 Å². The standard InChI is InChI=1S/C16H27NO3/c1-12-13(11-19-14-5-7-18-8-6-14)9-15(20-12)10-17-16(2,3)4/h9,14,17H,5-8,10-11H2,1-4H3. The third-order valence-electron chi connectivity index (χ3n) is 3.51. The van der Waals surface area contributed by atoms with Gasteiger partial charge in [0.25, 0.3) is 0 Å². The largest absolute Gasteiger partial charge is 0.465 e. The van der Waals surface area contributed by atoms with Crippen molar-refractivity contribution in [2.45, 2.75) is 65.3 Å². The molecule has 0 bridgehead atoms.